The summed E-state index contributed by atoms with van der Waals surface area (Å²) in [6.07, 6.45) is 2.48. The van der Waals surface area contributed by atoms with E-state index < -0.39 is 0 Å². The predicted octanol–water partition coefficient (Wildman–Crippen LogP) is 0.433. The zero-order valence-corrected chi connectivity index (χ0v) is 10.0. The number of nitrogens with zero attached hydrogens (tertiary/aromatic N) is 2. The van der Waals surface area contributed by atoms with Gasteiger partial charge in [0.2, 0.25) is 0 Å². The van der Waals surface area contributed by atoms with Crippen molar-refractivity contribution in [1.29, 1.82) is 0 Å². The van der Waals surface area contributed by atoms with Gasteiger partial charge in [0, 0.05) is 6.54 Å². The molecule has 0 saturated carbocycles. The molecule has 0 aliphatic carbocycles. The quantitative estimate of drug-likeness (QED) is 0.636. The molecule has 0 spiro atoms. The Morgan fingerprint density at radius 2 is 2.07 bits per heavy atom. The SMILES string of the molecule is COC(=O)CN(C)CC1CCN(C)CC1. The largest absolute Gasteiger partial charge is 0.468 e. The summed E-state index contributed by atoms with van der Waals surface area (Å²) in [6.45, 7) is 3.76. The molecular weight excluding hydrogens is 192 g/mol. The van der Waals surface area contributed by atoms with Crippen LogP contribution in [0.1, 0.15) is 12.8 Å². The smallest absolute Gasteiger partial charge is 0.319 e. The van der Waals surface area contributed by atoms with Crippen LogP contribution in [0.15, 0.2) is 0 Å². The second kappa shape index (κ2) is 6.08. The van der Waals surface area contributed by atoms with Crippen LogP contribution in [0.4, 0.5) is 0 Å². The monoisotopic (exact) mass is 214 g/mol. The molecule has 1 saturated heterocycles. The molecule has 0 atom stereocenters. The van der Waals surface area contributed by atoms with E-state index >= 15 is 0 Å². The van der Waals surface area contributed by atoms with E-state index in [2.05, 4.69) is 21.6 Å². The molecule has 1 heterocycles. The Labute approximate surface area is 92.2 Å². The summed E-state index contributed by atoms with van der Waals surface area (Å²) in [7, 11) is 5.58. The van der Waals surface area contributed by atoms with Crippen molar-refractivity contribution in [2.75, 3.05) is 47.4 Å². The Morgan fingerprint density at radius 1 is 1.47 bits per heavy atom. The maximum Gasteiger partial charge on any atom is 0.319 e. The molecule has 4 nitrogen and oxygen atoms in total. The van der Waals surface area contributed by atoms with Crippen molar-refractivity contribution in [2.45, 2.75) is 12.8 Å². The van der Waals surface area contributed by atoms with Crippen LogP contribution in [-0.4, -0.2) is 63.2 Å². The zero-order valence-electron chi connectivity index (χ0n) is 10.0. The Morgan fingerprint density at radius 3 is 2.60 bits per heavy atom. The number of rotatable bonds is 4. The third-order valence-corrected chi connectivity index (χ3v) is 3.03. The van der Waals surface area contributed by atoms with Gasteiger partial charge in [0.15, 0.2) is 0 Å². The minimum Gasteiger partial charge on any atom is -0.468 e. The summed E-state index contributed by atoms with van der Waals surface area (Å²) < 4.78 is 4.64. The topological polar surface area (TPSA) is 32.8 Å². The van der Waals surface area contributed by atoms with Crippen LogP contribution in [0.3, 0.4) is 0 Å². The van der Waals surface area contributed by atoms with Crippen LogP contribution < -0.4 is 0 Å². The lowest BCUT2D eigenvalue weighted by Crippen LogP contribution is -2.37. The number of piperidine rings is 1. The lowest BCUT2D eigenvalue weighted by atomic mass is 9.97. The molecule has 0 aromatic carbocycles. The van der Waals surface area contributed by atoms with Gasteiger partial charge < -0.3 is 9.64 Å². The number of carbonyl (C=O) groups is 1. The van der Waals surface area contributed by atoms with Crippen LogP contribution in [0.5, 0.6) is 0 Å². The van der Waals surface area contributed by atoms with Crippen LogP contribution in [-0.2, 0) is 9.53 Å². The molecule has 0 N–H and O–H groups in total. The first-order valence-electron chi connectivity index (χ1n) is 5.55. The number of carbonyl (C=O) groups excluding carboxylic acids is 1. The number of esters is 1. The minimum atomic E-state index is -0.148. The Hall–Kier alpha value is -0.610. The van der Waals surface area contributed by atoms with Crippen molar-refractivity contribution in [3.05, 3.63) is 0 Å². The van der Waals surface area contributed by atoms with Gasteiger partial charge in [-0.3, -0.25) is 9.69 Å². The van der Waals surface area contributed by atoms with Gasteiger partial charge in [-0.05, 0) is 45.9 Å². The van der Waals surface area contributed by atoms with Gasteiger partial charge in [0.25, 0.3) is 0 Å². The molecule has 0 unspecified atom stereocenters. The second-order valence-corrected chi connectivity index (χ2v) is 4.52. The molecule has 0 aromatic rings. The fourth-order valence-electron chi connectivity index (χ4n) is 2.03. The van der Waals surface area contributed by atoms with E-state index in [4.69, 9.17) is 0 Å². The van der Waals surface area contributed by atoms with E-state index in [1.54, 1.807) is 0 Å². The van der Waals surface area contributed by atoms with Gasteiger partial charge in [-0.1, -0.05) is 0 Å². The van der Waals surface area contributed by atoms with Gasteiger partial charge in [-0.15, -0.1) is 0 Å². The Kier molecular flexibility index (Phi) is 5.05. The molecule has 0 bridgehead atoms. The van der Waals surface area contributed by atoms with Crippen molar-refractivity contribution in [2.24, 2.45) is 5.92 Å². The third-order valence-electron chi connectivity index (χ3n) is 3.03. The highest BCUT2D eigenvalue weighted by Gasteiger charge is 2.18. The Bertz CT molecular complexity index is 201. The number of likely N-dealkylation sites (tertiary alicyclic amines) is 1. The highest BCUT2D eigenvalue weighted by Crippen LogP contribution is 2.16. The van der Waals surface area contributed by atoms with E-state index in [9.17, 15) is 4.79 Å². The molecule has 1 fully saturated rings. The maximum atomic E-state index is 11.0. The average Bonchev–Trinajstić information content (AvgIpc) is 2.21. The van der Waals surface area contributed by atoms with Crippen LogP contribution >= 0.6 is 0 Å². The van der Waals surface area contributed by atoms with Crippen LogP contribution in [0.2, 0.25) is 0 Å². The summed E-state index contributed by atoms with van der Waals surface area (Å²) in [4.78, 5) is 15.5. The number of hydrogen-bond acceptors (Lipinski definition) is 4. The summed E-state index contributed by atoms with van der Waals surface area (Å²) in [5.74, 6) is 0.585. The van der Waals surface area contributed by atoms with Crippen molar-refractivity contribution >= 4 is 5.97 Å². The van der Waals surface area contributed by atoms with Gasteiger partial charge in [-0.2, -0.15) is 0 Å². The second-order valence-electron chi connectivity index (χ2n) is 4.52. The van der Waals surface area contributed by atoms with E-state index in [0.29, 0.717) is 6.54 Å². The molecule has 1 aliphatic rings. The lowest BCUT2D eigenvalue weighted by molar-refractivity contribution is -0.141. The first kappa shape index (κ1) is 12.5. The molecule has 15 heavy (non-hydrogen) atoms. The van der Waals surface area contributed by atoms with Gasteiger partial charge in [0.05, 0.1) is 13.7 Å². The summed E-state index contributed by atoms with van der Waals surface area (Å²) in [5.41, 5.74) is 0. The zero-order chi connectivity index (χ0) is 11.3. The normalized spacial score (nSPS) is 19.5. The summed E-state index contributed by atoms with van der Waals surface area (Å²) in [5, 5.41) is 0. The summed E-state index contributed by atoms with van der Waals surface area (Å²) in [6, 6.07) is 0. The van der Waals surface area contributed by atoms with Gasteiger partial charge >= 0.3 is 5.97 Å². The number of ether oxygens (including phenoxy) is 1. The molecule has 1 rings (SSSR count). The minimum absolute atomic E-state index is 0.148. The fourth-order valence-corrected chi connectivity index (χ4v) is 2.03. The lowest BCUT2D eigenvalue weighted by Gasteiger charge is -2.31. The molecule has 0 aromatic heterocycles. The van der Waals surface area contributed by atoms with Crippen molar-refractivity contribution < 1.29 is 9.53 Å². The van der Waals surface area contributed by atoms with Gasteiger partial charge in [0.1, 0.15) is 0 Å². The van der Waals surface area contributed by atoms with E-state index in [1.807, 2.05) is 7.05 Å². The van der Waals surface area contributed by atoms with Crippen molar-refractivity contribution in [1.82, 2.24) is 9.80 Å². The molecule has 0 radical (unpaired) electrons. The predicted molar refractivity (Wildman–Crippen MR) is 59.7 cm³/mol. The van der Waals surface area contributed by atoms with Gasteiger partial charge in [-0.25, -0.2) is 0 Å². The molecule has 0 amide bonds. The standard InChI is InChI=1S/C11H22N2O2/c1-12-6-4-10(5-7-12)8-13(2)9-11(14)15-3/h10H,4-9H2,1-3H3. The first-order valence-corrected chi connectivity index (χ1v) is 5.55. The van der Waals surface area contributed by atoms with Crippen molar-refractivity contribution in [3.63, 3.8) is 0 Å². The molecule has 4 heteroatoms. The summed E-state index contributed by atoms with van der Waals surface area (Å²) >= 11 is 0. The highest BCUT2D eigenvalue weighted by atomic mass is 16.5. The molecule has 88 valence electrons. The average molecular weight is 214 g/mol. The van der Waals surface area contributed by atoms with Crippen LogP contribution in [0.25, 0.3) is 0 Å². The highest BCUT2D eigenvalue weighted by molar-refractivity contribution is 5.71. The number of likely N-dealkylation sites (N-methyl/N-ethyl adjacent to an activating group) is 1. The first-order chi connectivity index (χ1) is 7.11. The number of methoxy groups -OCH3 is 1. The third kappa shape index (κ3) is 4.62. The maximum absolute atomic E-state index is 11.0. The van der Waals surface area contributed by atoms with Crippen molar-refractivity contribution in [3.8, 4) is 0 Å². The van der Waals surface area contributed by atoms with Crippen LogP contribution in [0, 0.1) is 5.92 Å². The van der Waals surface area contributed by atoms with E-state index in [-0.39, 0.29) is 5.97 Å². The van der Waals surface area contributed by atoms with E-state index in [0.717, 1.165) is 12.5 Å². The Balaban J connectivity index is 2.20. The fraction of sp³-hybridized carbons (Fsp3) is 0.909. The molecule has 1 aliphatic heterocycles. The van der Waals surface area contributed by atoms with E-state index in [1.165, 1.54) is 33.0 Å². The number of hydrogen-bond donors (Lipinski definition) is 0. The molecular formula is C11H22N2O2.